The van der Waals surface area contributed by atoms with Crippen LogP contribution in [0.2, 0.25) is 0 Å². The largest absolute Gasteiger partial charge is 0.458 e. The van der Waals surface area contributed by atoms with E-state index >= 15 is 0 Å². The number of rotatable bonds is 5. The molecule has 4 rings (SSSR count). The number of aryl methyl sites for hydroxylation is 2. The molecule has 1 aliphatic heterocycles. The number of ether oxygens (including phenoxy) is 2. The van der Waals surface area contributed by atoms with E-state index in [1.54, 1.807) is 0 Å². The van der Waals surface area contributed by atoms with Crippen molar-refractivity contribution in [1.82, 2.24) is 9.97 Å². The van der Waals surface area contributed by atoms with Crippen LogP contribution in [-0.4, -0.2) is 35.3 Å². The molecule has 144 valence electrons. The number of aromatic nitrogens is 2. The van der Waals surface area contributed by atoms with Gasteiger partial charge in [0, 0.05) is 12.3 Å². The number of anilines is 2. The van der Waals surface area contributed by atoms with Crippen LogP contribution in [0.3, 0.4) is 0 Å². The Morgan fingerprint density at radius 2 is 1.86 bits per heavy atom. The van der Waals surface area contributed by atoms with Crippen LogP contribution >= 0.6 is 0 Å². The van der Waals surface area contributed by atoms with E-state index in [0.717, 1.165) is 36.3 Å². The SMILES string of the molecule is Cc1cc(C)cc(Nc2nc3ccccc3nc2C(=O)OCC2CCCO2)c1. The fourth-order valence-electron chi connectivity index (χ4n) is 3.43. The van der Waals surface area contributed by atoms with Crippen molar-refractivity contribution < 1.29 is 14.3 Å². The summed E-state index contributed by atoms with van der Waals surface area (Å²) in [5, 5.41) is 3.25. The highest BCUT2D eigenvalue weighted by Crippen LogP contribution is 2.24. The Morgan fingerprint density at radius 1 is 1.14 bits per heavy atom. The Bertz CT molecular complexity index is 993. The van der Waals surface area contributed by atoms with E-state index in [-0.39, 0.29) is 18.4 Å². The lowest BCUT2D eigenvalue weighted by molar-refractivity contribution is 0.0157. The first-order chi connectivity index (χ1) is 13.6. The maximum Gasteiger partial charge on any atom is 0.360 e. The molecule has 0 aliphatic carbocycles. The van der Waals surface area contributed by atoms with Crippen molar-refractivity contribution in [2.75, 3.05) is 18.5 Å². The van der Waals surface area contributed by atoms with Crippen molar-refractivity contribution in [2.45, 2.75) is 32.8 Å². The summed E-state index contributed by atoms with van der Waals surface area (Å²) < 4.78 is 11.0. The molecule has 2 heterocycles. The Hall–Kier alpha value is -2.99. The van der Waals surface area contributed by atoms with Crippen LogP contribution in [-0.2, 0) is 9.47 Å². The van der Waals surface area contributed by atoms with Crippen molar-refractivity contribution in [3.63, 3.8) is 0 Å². The Balaban J connectivity index is 1.66. The summed E-state index contributed by atoms with van der Waals surface area (Å²) in [6, 6.07) is 13.6. The second kappa shape index (κ2) is 7.94. The third kappa shape index (κ3) is 4.12. The second-order valence-corrected chi connectivity index (χ2v) is 7.14. The molecule has 6 nitrogen and oxygen atoms in total. The van der Waals surface area contributed by atoms with Crippen molar-refractivity contribution >= 4 is 28.5 Å². The molecule has 1 aliphatic rings. The smallest absolute Gasteiger partial charge is 0.360 e. The molecular weight excluding hydrogens is 354 g/mol. The zero-order chi connectivity index (χ0) is 19.5. The lowest BCUT2D eigenvalue weighted by atomic mass is 10.1. The molecule has 1 aromatic heterocycles. The summed E-state index contributed by atoms with van der Waals surface area (Å²) in [7, 11) is 0. The predicted octanol–water partition coefficient (Wildman–Crippen LogP) is 4.33. The molecule has 0 spiro atoms. The van der Waals surface area contributed by atoms with Crippen LogP contribution in [0.1, 0.15) is 34.5 Å². The minimum absolute atomic E-state index is 0.0341. The van der Waals surface area contributed by atoms with Gasteiger partial charge < -0.3 is 14.8 Å². The van der Waals surface area contributed by atoms with Gasteiger partial charge in [-0.2, -0.15) is 0 Å². The van der Waals surface area contributed by atoms with E-state index in [1.807, 2.05) is 50.2 Å². The number of nitrogens with zero attached hydrogens (tertiary/aromatic N) is 2. The first kappa shape index (κ1) is 18.4. The molecule has 1 unspecified atom stereocenters. The molecular formula is C22H23N3O3. The average Bonchev–Trinajstić information content (AvgIpc) is 3.18. The maximum atomic E-state index is 12.8. The molecule has 0 saturated carbocycles. The third-order valence-corrected chi connectivity index (χ3v) is 4.67. The van der Waals surface area contributed by atoms with Gasteiger partial charge >= 0.3 is 5.97 Å². The van der Waals surface area contributed by atoms with Crippen LogP contribution in [0, 0.1) is 13.8 Å². The number of benzene rings is 2. The average molecular weight is 377 g/mol. The van der Waals surface area contributed by atoms with E-state index in [9.17, 15) is 4.79 Å². The van der Waals surface area contributed by atoms with Gasteiger partial charge in [0.05, 0.1) is 17.1 Å². The van der Waals surface area contributed by atoms with E-state index in [0.29, 0.717) is 16.9 Å². The standard InChI is InChI=1S/C22H23N3O3/c1-14-10-15(2)12-16(11-14)23-21-20(22(26)28-13-17-6-5-9-27-17)24-18-7-3-4-8-19(18)25-21/h3-4,7-8,10-12,17H,5-6,9,13H2,1-2H3,(H,23,25). The molecule has 0 amide bonds. The van der Waals surface area contributed by atoms with Gasteiger partial charge in [-0.1, -0.05) is 18.2 Å². The normalized spacial score (nSPS) is 16.3. The third-order valence-electron chi connectivity index (χ3n) is 4.67. The Kier molecular flexibility index (Phi) is 5.21. The zero-order valence-electron chi connectivity index (χ0n) is 16.1. The van der Waals surface area contributed by atoms with Crippen LogP contribution in [0.15, 0.2) is 42.5 Å². The van der Waals surface area contributed by atoms with Gasteiger partial charge in [-0.3, -0.25) is 0 Å². The number of hydrogen-bond acceptors (Lipinski definition) is 6. The first-order valence-corrected chi connectivity index (χ1v) is 9.49. The first-order valence-electron chi connectivity index (χ1n) is 9.49. The molecule has 1 N–H and O–H groups in total. The molecule has 1 saturated heterocycles. The number of nitrogens with one attached hydrogen (secondary N) is 1. The topological polar surface area (TPSA) is 73.3 Å². The van der Waals surface area contributed by atoms with Crippen molar-refractivity contribution in [2.24, 2.45) is 0 Å². The molecule has 2 aromatic carbocycles. The highest BCUT2D eigenvalue weighted by molar-refractivity contribution is 5.96. The number of para-hydroxylation sites is 2. The van der Waals surface area contributed by atoms with Gasteiger partial charge in [0.2, 0.25) is 0 Å². The molecule has 28 heavy (non-hydrogen) atoms. The van der Waals surface area contributed by atoms with Gasteiger partial charge in [-0.15, -0.1) is 0 Å². The minimum Gasteiger partial charge on any atom is -0.458 e. The monoisotopic (exact) mass is 377 g/mol. The minimum atomic E-state index is -0.499. The summed E-state index contributed by atoms with van der Waals surface area (Å²) in [4.78, 5) is 21.9. The van der Waals surface area contributed by atoms with Crippen LogP contribution in [0.25, 0.3) is 11.0 Å². The highest BCUT2D eigenvalue weighted by atomic mass is 16.6. The lowest BCUT2D eigenvalue weighted by Gasteiger charge is -2.14. The van der Waals surface area contributed by atoms with Gasteiger partial charge in [0.1, 0.15) is 6.61 Å². The highest BCUT2D eigenvalue weighted by Gasteiger charge is 2.22. The van der Waals surface area contributed by atoms with Crippen molar-refractivity contribution in [3.8, 4) is 0 Å². The van der Waals surface area contributed by atoms with Gasteiger partial charge in [0.15, 0.2) is 11.5 Å². The lowest BCUT2D eigenvalue weighted by Crippen LogP contribution is -2.19. The van der Waals surface area contributed by atoms with E-state index in [4.69, 9.17) is 9.47 Å². The molecule has 3 aromatic rings. The summed E-state index contributed by atoms with van der Waals surface area (Å²) >= 11 is 0. The van der Waals surface area contributed by atoms with Crippen LogP contribution in [0.4, 0.5) is 11.5 Å². The molecule has 0 bridgehead atoms. The second-order valence-electron chi connectivity index (χ2n) is 7.14. The number of carbonyl (C=O) groups is 1. The zero-order valence-corrected chi connectivity index (χ0v) is 16.1. The van der Waals surface area contributed by atoms with Crippen LogP contribution in [0.5, 0.6) is 0 Å². The number of fused-ring (bicyclic) bond motifs is 1. The molecule has 6 heteroatoms. The van der Waals surface area contributed by atoms with E-state index < -0.39 is 5.97 Å². The van der Waals surface area contributed by atoms with E-state index in [2.05, 4.69) is 21.4 Å². The van der Waals surface area contributed by atoms with E-state index in [1.165, 1.54) is 0 Å². The van der Waals surface area contributed by atoms with Gasteiger partial charge in [-0.05, 0) is 62.1 Å². The molecule has 0 radical (unpaired) electrons. The van der Waals surface area contributed by atoms with Crippen LogP contribution < -0.4 is 5.32 Å². The summed E-state index contributed by atoms with van der Waals surface area (Å²) in [6.07, 6.45) is 1.87. The molecule has 1 atom stereocenters. The number of esters is 1. The molecule has 1 fully saturated rings. The van der Waals surface area contributed by atoms with Gasteiger partial charge in [-0.25, -0.2) is 14.8 Å². The predicted molar refractivity (Wildman–Crippen MR) is 108 cm³/mol. The fourth-order valence-corrected chi connectivity index (χ4v) is 3.43. The summed E-state index contributed by atoms with van der Waals surface area (Å²) in [6.45, 7) is 5.01. The maximum absolute atomic E-state index is 12.8. The Labute approximate surface area is 163 Å². The van der Waals surface area contributed by atoms with Crippen molar-refractivity contribution in [3.05, 3.63) is 59.3 Å². The quantitative estimate of drug-likeness (QED) is 0.667. The van der Waals surface area contributed by atoms with Gasteiger partial charge in [0.25, 0.3) is 0 Å². The fraction of sp³-hybridized carbons (Fsp3) is 0.318. The summed E-state index contributed by atoms with van der Waals surface area (Å²) in [5.74, 6) is -0.110. The summed E-state index contributed by atoms with van der Waals surface area (Å²) in [5.41, 5.74) is 4.64. The Morgan fingerprint density at radius 3 is 2.54 bits per heavy atom. The number of hydrogen-bond donors (Lipinski definition) is 1. The number of carbonyl (C=O) groups excluding carboxylic acids is 1. The van der Waals surface area contributed by atoms with Crippen molar-refractivity contribution in [1.29, 1.82) is 0 Å².